The predicted molar refractivity (Wildman–Crippen MR) is 248 cm³/mol. The van der Waals surface area contributed by atoms with Gasteiger partial charge in [-0.3, -0.25) is 0 Å². The van der Waals surface area contributed by atoms with Gasteiger partial charge in [-0.05, 0) is 76.9 Å². The van der Waals surface area contributed by atoms with E-state index in [2.05, 4.69) is 221 Å². The zero-order chi connectivity index (χ0) is 38.2. The first-order valence-electron chi connectivity index (χ1n) is 20.0. The Morgan fingerprint density at radius 2 is 0.828 bits per heavy atom. The molecule has 3 heterocycles. The molecule has 0 unspecified atom stereocenters. The highest BCUT2D eigenvalue weighted by molar-refractivity contribution is 8.00. The largest absolute Gasteiger partial charge is 0.309 e. The molecular weight excluding hydrogens is 719 g/mol. The summed E-state index contributed by atoms with van der Waals surface area (Å²) in [5.74, 6) is 0. The third-order valence-corrected chi connectivity index (χ3v) is 13.2. The lowest BCUT2D eigenvalue weighted by Crippen LogP contribution is -2.56. The molecule has 0 saturated carbocycles. The quantitative estimate of drug-likeness (QED) is 0.159. The number of rotatable bonds is 5. The minimum atomic E-state index is 0.0370. The predicted octanol–water partition coefficient (Wildman–Crippen LogP) is 12.2. The van der Waals surface area contributed by atoms with Crippen LogP contribution in [0.4, 0.5) is 0 Å². The molecule has 4 heteroatoms. The smallest absolute Gasteiger partial charge is 0.245 e. The fourth-order valence-corrected chi connectivity index (χ4v) is 10.7. The maximum Gasteiger partial charge on any atom is 0.245 e. The first kappa shape index (κ1) is 33.2. The highest BCUT2D eigenvalue weighted by Gasteiger charge is 2.35. The van der Waals surface area contributed by atoms with Crippen molar-refractivity contribution in [1.82, 2.24) is 9.13 Å². The van der Waals surface area contributed by atoms with Crippen LogP contribution >= 0.6 is 11.8 Å². The van der Waals surface area contributed by atoms with Crippen molar-refractivity contribution >= 4 is 78.5 Å². The van der Waals surface area contributed by atoms with E-state index in [-0.39, 0.29) is 6.71 Å². The molecule has 58 heavy (non-hydrogen) atoms. The Balaban J connectivity index is 1.11. The standard InChI is InChI=1S/C54H35BN2S/c1-4-17-36(18-5-1)40-25-16-26-41(37-19-6-2-7-20-37)54(40)55-46-27-12-15-30-52(46)58-53-33-39(31-32-47(53)55)57-49-29-14-11-24-43(49)45-34-50-44(35-51(45)57)42-23-10-13-28-48(42)56(50)38-21-8-3-9-22-38/h1-35H. The molecule has 1 aliphatic rings. The van der Waals surface area contributed by atoms with Crippen molar-refractivity contribution in [1.29, 1.82) is 0 Å². The number of benzene rings is 9. The summed E-state index contributed by atoms with van der Waals surface area (Å²) in [7, 11) is 0. The molecule has 0 aliphatic carbocycles. The van der Waals surface area contributed by atoms with Gasteiger partial charge in [-0.15, -0.1) is 0 Å². The van der Waals surface area contributed by atoms with Gasteiger partial charge in [0.05, 0.1) is 22.1 Å². The maximum absolute atomic E-state index is 2.49. The van der Waals surface area contributed by atoms with Gasteiger partial charge in [0.25, 0.3) is 0 Å². The van der Waals surface area contributed by atoms with Crippen LogP contribution in [0, 0.1) is 0 Å². The highest BCUT2D eigenvalue weighted by Crippen LogP contribution is 2.41. The molecule has 0 bridgehead atoms. The Bertz CT molecular complexity index is 3310. The molecule has 2 nitrogen and oxygen atoms in total. The van der Waals surface area contributed by atoms with E-state index in [1.165, 1.54) is 103 Å². The summed E-state index contributed by atoms with van der Waals surface area (Å²) in [6, 6.07) is 78.2. The van der Waals surface area contributed by atoms with Crippen LogP contribution in [0.1, 0.15) is 0 Å². The fourth-order valence-electron chi connectivity index (χ4n) is 9.58. The van der Waals surface area contributed by atoms with Crippen molar-refractivity contribution in [3.63, 3.8) is 0 Å². The van der Waals surface area contributed by atoms with E-state index in [1.54, 1.807) is 0 Å². The minimum absolute atomic E-state index is 0.0370. The van der Waals surface area contributed by atoms with Crippen LogP contribution in [-0.2, 0) is 0 Å². The monoisotopic (exact) mass is 754 g/mol. The second-order valence-corrected chi connectivity index (χ2v) is 16.3. The molecule has 2 aromatic heterocycles. The molecule has 0 amide bonds. The molecule has 0 atom stereocenters. The first-order valence-corrected chi connectivity index (χ1v) is 20.8. The number of para-hydroxylation sites is 3. The van der Waals surface area contributed by atoms with Gasteiger partial charge in [0.15, 0.2) is 0 Å². The number of aromatic nitrogens is 2. The summed E-state index contributed by atoms with van der Waals surface area (Å²) < 4.78 is 4.91. The van der Waals surface area contributed by atoms with Gasteiger partial charge in [-0.25, -0.2) is 0 Å². The van der Waals surface area contributed by atoms with Crippen molar-refractivity contribution < 1.29 is 0 Å². The number of nitrogens with zero attached hydrogens (tertiary/aromatic N) is 2. The van der Waals surface area contributed by atoms with Crippen molar-refractivity contribution in [2.45, 2.75) is 9.79 Å². The summed E-state index contributed by atoms with van der Waals surface area (Å²) in [6.45, 7) is 0.0370. The lowest BCUT2D eigenvalue weighted by Gasteiger charge is -2.30. The van der Waals surface area contributed by atoms with Crippen LogP contribution < -0.4 is 16.4 Å². The molecule has 1 aliphatic heterocycles. The summed E-state index contributed by atoms with van der Waals surface area (Å²) >= 11 is 1.90. The third-order valence-electron chi connectivity index (χ3n) is 12.1. The van der Waals surface area contributed by atoms with Gasteiger partial charge >= 0.3 is 0 Å². The minimum Gasteiger partial charge on any atom is -0.309 e. The lowest BCUT2D eigenvalue weighted by atomic mass is 9.35. The molecular formula is C54H35BN2S. The zero-order valence-electron chi connectivity index (χ0n) is 31.6. The lowest BCUT2D eigenvalue weighted by molar-refractivity contribution is 1.16. The van der Waals surface area contributed by atoms with E-state index in [9.17, 15) is 0 Å². The SMILES string of the molecule is c1ccc(-c2cccc(-c3ccccc3)c2B2c3ccccc3Sc3cc(-n4c5ccccc5c5cc6c(cc54)c4ccccc4n6-c4ccccc4)ccc32)cc1. The maximum atomic E-state index is 2.49. The van der Waals surface area contributed by atoms with E-state index in [0.717, 1.165) is 0 Å². The van der Waals surface area contributed by atoms with Crippen LogP contribution in [0.15, 0.2) is 222 Å². The number of hydrogen-bond acceptors (Lipinski definition) is 1. The summed E-state index contributed by atoms with van der Waals surface area (Å²) in [6.07, 6.45) is 0. The third kappa shape index (κ3) is 5.08. The second kappa shape index (κ2) is 13.3. The molecule has 0 fully saturated rings. The van der Waals surface area contributed by atoms with Gasteiger partial charge in [0, 0.05) is 42.7 Å². The van der Waals surface area contributed by atoms with E-state index >= 15 is 0 Å². The summed E-state index contributed by atoms with van der Waals surface area (Å²) in [5, 5.41) is 5.01. The second-order valence-electron chi connectivity index (χ2n) is 15.2. The van der Waals surface area contributed by atoms with Crippen molar-refractivity contribution in [2.24, 2.45) is 0 Å². The van der Waals surface area contributed by atoms with Crippen LogP contribution in [0.25, 0.3) is 77.2 Å². The Labute approximate surface area is 341 Å². The molecule has 0 saturated heterocycles. The van der Waals surface area contributed by atoms with Crippen molar-refractivity contribution in [3.05, 3.63) is 212 Å². The summed E-state index contributed by atoms with van der Waals surface area (Å²) in [4.78, 5) is 2.59. The molecule has 270 valence electrons. The average Bonchev–Trinajstić information content (AvgIpc) is 3.80. The van der Waals surface area contributed by atoms with Crippen LogP contribution in [0.2, 0.25) is 0 Å². The van der Waals surface area contributed by atoms with E-state index < -0.39 is 0 Å². The zero-order valence-corrected chi connectivity index (χ0v) is 32.4. The molecule has 12 rings (SSSR count). The van der Waals surface area contributed by atoms with Crippen LogP contribution in [0.3, 0.4) is 0 Å². The average molecular weight is 755 g/mol. The molecule has 0 spiro atoms. The summed E-state index contributed by atoms with van der Waals surface area (Å²) in [5.41, 5.74) is 16.2. The van der Waals surface area contributed by atoms with E-state index in [0.29, 0.717) is 0 Å². The van der Waals surface area contributed by atoms with Crippen molar-refractivity contribution in [2.75, 3.05) is 0 Å². The topological polar surface area (TPSA) is 9.86 Å². The molecule has 9 aromatic carbocycles. The van der Waals surface area contributed by atoms with Gasteiger partial charge in [0.2, 0.25) is 6.71 Å². The highest BCUT2D eigenvalue weighted by atomic mass is 32.2. The fraction of sp³-hybridized carbons (Fsp3) is 0. The van der Waals surface area contributed by atoms with E-state index in [4.69, 9.17) is 0 Å². The van der Waals surface area contributed by atoms with Gasteiger partial charge in [-0.2, -0.15) is 0 Å². The number of fused-ring (bicyclic) bond motifs is 8. The normalized spacial score (nSPS) is 12.4. The van der Waals surface area contributed by atoms with Crippen molar-refractivity contribution in [3.8, 4) is 33.6 Å². The molecule has 0 radical (unpaired) electrons. The van der Waals surface area contributed by atoms with Crippen LogP contribution in [0.5, 0.6) is 0 Å². The van der Waals surface area contributed by atoms with Gasteiger partial charge in [-0.1, -0.05) is 186 Å². The molecule has 0 N–H and O–H groups in total. The Hall–Kier alpha value is -7.01. The number of hydrogen-bond donors (Lipinski definition) is 0. The van der Waals surface area contributed by atoms with Gasteiger partial charge in [0.1, 0.15) is 0 Å². The first-order chi connectivity index (χ1) is 28.8. The Morgan fingerprint density at radius 3 is 1.45 bits per heavy atom. The molecule has 11 aromatic rings. The Morgan fingerprint density at radius 1 is 0.328 bits per heavy atom. The Kier molecular flexibility index (Phi) is 7.60. The van der Waals surface area contributed by atoms with Crippen LogP contribution in [-0.4, -0.2) is 15.8 Å². The van der Waals surface area contributed by atoms with E-state index in [1.807, 2.05) is 11.8 Å². The van der Waals surface area contributed by atoms with Gasteiger partial charge < -0.3 is 9.13 Å².